The fourth-order valence-corrected chi connectivity index (χ4v) is 2.63. The SMILES string of the molecule is Cn1cc(-c2cnc3ccc(CCBr)cc3c2)cn1. The molecule has 0 aliphatic rings. The molecule has 3 rings (SSSR count). The third-order valence-corrected chi connectivity index (χ3v) is 3.56. The summed E-state index contributed by atoms with van der Waals surface area (Å²) in [5, 5.41) is 6.36. The molecule has 0 saturated carbocycles. The number of hydrogen-bond acceptors (Lipinski definition) is 2. The van der Waals surface area contributed by atoms with E-state index in [4.69, 9.17) is 0 Å². The molecule has 4 heteroatoms. The first-order chi connectivity index (χ1) is 9.26. The number of alkyl halides is 1. The summed E-state index contributed by atoms with van der Waals surface area (Å²) < 4.78 is 1.81. The molecule has 0 spiro atoms. The van der Waals surface area contributed by atoms with Gasteiger partial charge in [-0.15, -0.1) is 0 Å². The van der Waals surface area contributed by atoms with Crippen molar-refractivity contribution in [3.63, 3.8) is 0 Å². The highest BCUT2D eigenvalue weighted by Crippen LogP contribution is 2.23. The molecule has 1 aromatic carbocycles. The predicted octanol–water partition coefficient (Wildman–Crippen LogP) is 3.57. The standard InChI is InChI=1S/C15H14BrN3/c1-19-10-14(9-18-19)13-7-12-6-11(4-5-16)2-3-15(12)17-8-13/h2-3,6-10H,4-5H2,1H3. The molecule has 0 N–H and O–H groups in total. The molecule has 0 bridgehead atoms. The molecule has 0 amide bonds. The van der Waals surface area contributed by atoms with E-state index < -0.39 is 0 Å². The van der Waals surface area contributed by atoms with E-state index in [0.29, 0.717) is 0 Å². The van der Waals surface area contributed by atoms with Crippen molar-refractivity contribution in [1.29, 1.82) is 0 Å². The molecule has 3 aromatic rings. The van der Waals surface area contributed by atoms with Crippen molar-refractivity contribution in [3.05, 3.63) is 48.4 Å². The molecule has 0 aliphatic heterocycles. The van der Waals surface area contributed by atoms with Crippen LogP contribution in [0.3, 0.4) is 0 Å². The van der Waals surface area contributed by atoms with Crippen LogP contribution in [0.15, 0.2) is 42.9 Å². The number of hydrogen-bond donors (Lipinski definition) is 0. The lowest BCUT2D eigenvalue weighted by Gasteiger charge is -2.03. The van der Waals surface area contributed by atoms with Gasteiger partial charge in [0.15, 0.2) is 0 Å². The zero-order valence-corrected chi connectivity index (χ0v) is 12.3. The van der Waals surface area contributed by atoms with Crippen molar-refractivity contribution in [2.24, 2.45) is 7.05 Å². The quantitative estimate of drug-likeness (QED) is 0.692. The number of halogens is 1. The van der Waals surface area contributed by atoms with E-state index in [-0.39, 0.29) is 0 Å². The van der Waals surface area contributed by atoms with Crippen molar-refractivity contribution in [1.82, 2.24) is 14.8 Å². The number of benzene rings is 1. The number of rotatable bonds is 3. The van der Waals surface area contributed by atoms with Gasteiger partial charge in [0.25, 0.3) is 0 Å². The van der Waals surface area contributed by atoms with Crippen molar-refractivity contribution in [3.8, 4) is 11.1 Å². The van der Waals surface area contributed by atoms with E-state index in [1.807, 2.05) is 25.6 Å². The molecule has 2 aromatic heterocycles. The maximum Gasteiger partial charge on any atom is 0.0702 e. The molecular weight excluding hydrogens is 302 g/mol. The fourth-order valence-electron chi connectivity index (χ4n) is 2.17. The van der Waals surface area contributed by atoms with Gasteiger partial charge in [-0.1, -0.05) is 22.0 Å². The Kier molecular flexibility index (Phi) is 3.34. The first kappa shape index (κ1) is 12.4. The third kappa shape index (κ3) is 2.54. The molecule has 0 saturated heterocycles. The van der Waals surface area contributed by atoms with Gasteiger partial charge in [-0.2, -0.15) is 5.10 Å². The topological polar surface area (TPSA) is 30.7 Å². The summed E-state index contributed by atoms with van der Waals surface area (Å²) in [5.41, 5.74) is 4.57. The number of aryl methyl sites for hydroxylation is 2. The zero-order valence-electron chi connectivity index (χ0n) is 10.7. The third-order valence-electron chi connectivity index (χ3n) is 3.17. The van der Waals surface area contributed by atoms with Crippen LogP contribution in [0, 0.1) is 0 Å². The lowest BCUT2D eigenvalue weighted by Crippen LogP contribution is -1.88. The van der Waals surface area contributed by atoms with Gasteiger partial charge < -0.3 is 0 Å². The number of aromatic nitrogens is 3. The smallest absolute Gasteiger partial charge is 0.0702 e. The summed E-state index contributed by atoms with van der Waals surface area (Å²) in [6.07, 6.45) is 6.81. The highest BCUT2D eigenvalue weighted by molar-refractivity contribution is 9.09. The average molecular weight is 316 g/mol. The first-order valence-corrected chi connectivity index (χ1v) is 7.32. The monoisotopic (exact) mass is 315 g/mol. The van der Waals surface area contributed by atoms with E-state index in [9.17, 15) is 0 Å². The highest BCUT2D eigenvalue weighted by Gasteiger charge is 2.03. The maximum absolute atomic E-state index is 4.52. The largest absolute Gasteiger partial charge is 0.275 e. The normalized spacial score (nSPS) is 11.1. The molecule has 0 atom stereocenters. The molecule has 0 unspecified atom stereocenters. The summed E-state index contributed by atoms with van der Waals surface area (Å²) in [4.78, 5) is 4.52. The lowest BCUT2D eigenvalue weighted by molar-refractivity contribution is 0.768. The summed E-state index contributed by atoms with van der Waals surface area (Å²) in [7, 11) is 1.92. The number of pyridine rings is 1. The van der Waals surface area contributed by atoms with Crippen LogP contribution in [-0.4, -0.2) is 20.1 Å². The van der Waals surface area contributed by atoms with Crippen molar-refractivity contribution in [2.75, 3.05) is 5.33 Å². The average Bonchev–Trinajstić information content (AvgIpc) is 2.85. The van der Waals surface area contributed by atoms with Crippen LogP contribution in [0.1, 0.15) is 5.56 Å². The second kappa shape index (κ2) is 5.13. The van der Waals surface area contributed by atoms with E-state index >= 15 is 0 Å². The van der Waals surface area contributed by atoms with Gasteiger partial charge in [0.2, 0.25) is 0 Å². The van der Waals surface area contributed by atoms with E-state index in [0.717, 1.165) is 28.4 Å². The van der Waals surface area contributed by atoms with Gasteiger partial charge in [0.05, 0.1) is 11.7 Å². The number of fused-ring (bicyclic) bond motifs is 1. The number of nitrogens with zero attached hydrogens (tertiary/aromatic N) is 3. The summed E-state index contributed by atoms with van der Waals surface area (Å²) >= 11 is 3.48. The molecule has 96 valence electrons. The second-order valence-electron chi connectivity index (χ2n) is 4.59. The Morgan fingerprint density at radius 3 is 2.79 bits per heavy atom. The van der Waals surface area contributed by atoms with Gasteiger partial charge >= 0.3 is 0 Å². The predicted molar refractivity (Wildman–Crippen MR) is 81.4 cm³/mol. The maximum atomic E-state index is 4.52. The zero-order chi connectivity index (χ0) is 13.2. The van der Waals surface area contributed by atoms with Gasteiger partial charge in [-0.3, -0.25) is 9.67 Å². The van der Waals surface area contributed by atoms with Gasteiger partial charge in [-0.25, -0.2) is 0 Å². The van der Waals surface area contributed by atoms with Crippen LogP contribution < -0.4 is 0 Å². The van der Waals surface area contributed by atoms with E-state index in [2.05, 4.69) is 50.3 Å². The minimum atomic E-state index is 0.980. The Balaban J connectivity index is 2.08. The summed E-state index contributed by atoms with van der Waals surface area (Å²) in [6, 6.07) is 8.61. The van der Waals surface area contributed by atoms with Crippen LogP contribution in [-0.2, 0) is 13.5 Å². The highest BCUT2D eigenvalue weighted by atomic mass is 79.9. The minimum Gasteiger partial charge on any atom is -0.275 e. The van der Waals surface area contributed by atoms with Gasteiger partial charge in [0.1, 0.15) is 0 Å². The van der Waals surface area contributed by atoms with Crippen LogP contribution in [0.4, 0.5) is 0 Å². The van der Waals surface area contributed by atoms with E-state index in [1.54, 1.807) is 4.68 Å². The first-order valence-electron chi connectivity index (χ1n) is 6.20. The second-order valence-corrected chi connectivity index (χ2v) is 5.39. The van der Waals surface area contributed by atoms with E-state index in [1.165, 1.54) is 10.9 Å². The molecule has 0 aliphatic carbocycles. The Morgan fingerprint density at radius 2 is 2.05 bits per heavy atom. The fraction of sp³-hybridized carbons (Fsp3) is 0.200. The molecule has 3 nitrogen and oxygen atoms in total. The van der Waals surface area contributed by atoms with Gasteiger partial charge in [-0.05, 0) is 30.2 Å². The molecule has 2 heterocycles. The van der Waals surface area contributed by atoms with Crippen LogP contribution in [0.25, 0.3) is 22.0 Å². The minimum absolute atomic E-state index is 0.980. The van der Waals surface area contributed by atoms with Crippen molar-refractivity contribution < 1.29 is 0 Å². The Bertz CT molecular complexity index is 718. The van der Waals surface area contributed by atoms with Crippen molar-refractivity contribution in [2.45, 2.75) is 6.42 Å². The molecular formula is C15H14BrN3. The van der Waals surface area contributed by atoms with Crippen LogP contribution in [0.5, 0.6) is 0 Å². The Hall–Kier alpha value is -1.68. The van der Waals surface area contributed by atoms with Crippen LogP contribution in [0.2, 0.25) is 0 Å². The summed E-state index contributed by atoms with van der Waals surface area (Å²) in [6.45, 7) is 0. The Labute approximate surface area is 120 Å². The molecule has 0 radical (unpaired) electrons. The summed E-state index contributed by atoms with van der Waals surface area (Å²) in [5.74, 6) is 0. The molecule has 0 fully saturated rings. The Morgan fingerprint density at radius 1 is 1.16 bits per heavy atom. The molecule has 19 heavy (non-hydrogen) atoms. The van der Waals surface area contributed by atoms with Crippen LogP contribution >= 0.6 is 15.9 Å². The van der Waals surface area contributed by atoms with Crippen molar-refractivity contribution >= 4 is 26.8 Å². The lowest BCUT2D eigenvalue weighted by atomic mass is 10.1. The van der Waals surface area contributed by atoms with Gasteiger partial charge in [0, 0.05) is 41.3 Å².